The molecule has 0 aliphatic rings. The van der Waals surface area contributed by atoms with Crippen molar-refractivity contribution in [3.63, 3.8) is 0 Å². The number of carbonyl (C=O) groups is 2. The van der Waals surface area contributed by atoms with Gasteiger partial charge in [0, 0.05) is 13.1 Å². The second kappa shape index (κ2) is 8.47. The van der Waals surface area contributed by atoms with E-state index in [1.807, 2.05) is 24.3 Å². The van der Waals surface area contributed by atoms with Crippen molar-refractivity contribution < 1.29 is 14.3 Å². The zero-order chi connectivity index (χ0) is 17.4. The largest absolute Gasteiger partial charge is 0.497 e. The lowest BCUT2D eigenvalue weighted by atomic mass is 10.2. The average molecular weight is 325 g/mol. The van der Waals surface area contributed by atoms with Crippen molar-refractivity contribution in [2.75, 3.05) is 13.7 Å². The first-order valence-electron chi connectivity index (χ1n) is 7.41. The third kappa shape index (κ3) is 4.67. The molecule has 0 aliphatic heterocycles. The molecule has 0 spiro atoms. The molecule has 0 fully saturated rings. The number of nitrogens with zero attached hydrogens (tertiary/aromatic N) is 1. The van der Waals surface area contributed by atoms with E-state index < -0.39 is 0 Å². The van der Waals surface area contributed by atoms with E-state index in [0.29, 0.717) is 13.1 Å². The lowest BCUT2D eigenvalue weighted by Crippen LogP contribution is -2.27. The lowest BCUT2D eigenvalue weighted by molar-refractivity contribution is 0.0944. The van der Waals surface area contributed by atoms with Crippen molar-refractivity contribution in [1.29, 1.82) is 0 Å². The number of amides is 2. The van der Waals surface area contributed by atoms with Crippen molar-refractivity contribution >= 4 is 11.8 Å². The van der Waals surface area contributed by atoms with Crippen molar-refractivity contribution in [3.8, 4) is 5.75 Å². The van der Waals surface area contributed by atoms with Crippen molar-refractivity contribution in [3.05, 3.63) is 72.1 Å². The standard InChI is InChI=1S/C18H19N3O3/c1-3-11-19-17(22)15-5-4-6-16(21-15)18(23)20-12-13-7-9-14(24-2)10-8-13/h3-10H,1,11-12H2,2H3,(H,19,22)(H,20,23). The molecule has 1 aromatic carbocycles. The van der Waals surface area contributed by atoms with Gasteiger partial charge in [0.25, 0.3) is 11.8 Å². The minimum atomic E-state index is -0.347. The van der Waals surface area contributed by atoms with Gasteiger partial charge in [0.15, 0.2) is 0 Å². The summed E-state index contributed by atoms with van der Waals surface area (Å²) in [6.07, 6.45) is 1.57. The van der Waals surface area contributed by atoms with Crippen LogP contribution in [0.1, 0.15) is 26.5 Å². The summed E-state index contributed by atoms with van der Waals surface area (Å²) in [7, 11) is 1.60. The molecule has 0 radical (unpaired) electrons. The molecule has 0 saturated carbocycles. The summed E-state index contributed by atoms with van der Waals surface area (Å²) in [6, 6.07) is 12.1. The molecule has 6 heteroatoms. The summed E-state index contributed by atoms with van der Waals surface area (Å²) < 4.78 is 5.09. The fourth-order valence-corrected chi connectivity index (χ4v) is 1.96. The van der Waals surface area contributed by atoms with Gasteiger partial charge in [-0.2, -0.15) is 0 Å². The van der Waals surface area contributed by atoms with Crippen molar-refractivity contribution in [2.45, 2.75) is 6.54 Å². The number of hydrogen-bond acceptors (Lipinski definition) is 4. The van der Waals surface area contributed by atoms with Gasteiger partial charge >= 0.3 is 0 Å². The van der Waals surface area contributed by atoms with Crippen LogP contribution in [0.4, 0.5) is 0 Å². The maximum absolute atomic E-state index is 12.2. The van der Waals surface area contributed by atoms with E-state index in [1.165, 1.54) is 0 Å². The minimum absolute atomic E-state index is 0.189. The monoisotopic (exact) mass is 325 g/mol. The number of pyridine rings is 1. The molecule has 2 N–H and O–H groups in total. The Hall–Kier alpha value is -3.15. The number of hydrogen-bond donors (Lipinski definition) is 2. The van der Waals surface area contributed by atoms with Gasteiger partial charge in [-0.25, -0.2) is 4.98 Å². The van der Waals surface area contributed by atoms with Crippen LogP contribution in [0, 0.1) is 0 Å². The molecule has 124 valence electrons. The van der Waals surface area contributed by atoms with Gasteiger partial charge in [-0.1, -0.05) is 24.3 Å². The first kappa shape index (κ1) is 17.2. The summed E-state index contributed by atoms with van der Waals surface area (Å²) >= 11 is 0. The maximum Gasteiger partial charge on any atom is 0.270 e. The Kier molecular flexibility index (Phi) is 6.08. The summed E-state index contributed by atoms with van der Waals surface area (Å²) in [5.74, 6) is 0.0638. The third-order valence-corrected chi connectivity index (χ3v) is 3.23. The van der Waals surface area contributed by atoms with Crippen LogP contribution in [0.3, 0.4) is 0 Å². The number of nitrogens with one attached hydrogen (secondary N) is 2. The molecule has 2 amide bonds. The number of benzene rings is 1. The molecule has 0 unspecified atom stereocenters. The Morgan fingerprint density at radius 1 is 1.08 bits per heavy atom. The summed E-state index contributed by atoms with van der Waals surface area (Å²) in [6.45, 7) is 4.23. The maximum atomic E-state index is 12.2. The first-order chi connectivity index (χ1) is 11.6. The zero-order valence-electron chi connectivity index (χ0n) is 13.4. The fourth-order valence-electron chi connectivity index (χ4n) is 1.96. The SMILES string of the molecule is C=CCNC(=O)c1cccc(C(=O)NCc2ccc(OC)cc2)n1. The molecular formula is C18H19N3O3. The Bertz CT molecular complexity index is 727. The summed E-state index contributed by atoms with van der Waals surface area (Å²) in [4.78, 5) is 28.1. The van der Waals surface area contributed by atoms with Gasteiger partial charge in [0.05, 0.1) is 7.11 Å². The number of carbonyl (C=O) groups excluding carboxylic acids is 2. The van der Waals surface area contributed by atoms with Crippen LogP contribution in [0.2, 0.25) is 0 Å². The second-order valence-electron chi connectivity index (χ2n) is 4.94. The quantitative estimate of drug-likeness (QED) is 0.762. The van der Waals surface area contributed by atoms with Crippen LogP contribution in [0.15, 0.2) is 55.1 Å². The molecule has 6 nitrogen and oxygen atoms in total. The van der Waals surface area contributed by atoms with Gasteiger partial charge in [-0.05, 0) is 29.8 Å². The molecule has 2 rings (SSSR count). The van der Waals surface area contributed by atoms with Crippen LogP contribution in [-0.4, -0.2) is 30.5 Å². The molecule has 1 heterocycles. The van der Waals surface area contributed by atoms with Gasteiger partial charge in [-0.15, -0.1) is 6.58 Å². The summed E-state index contributed by atoms with van der Waals surface area (Å²) in [5.41, 5.74) is 1.31. The van der Waals surface area contributed by atoms with Crippen molar-refractivity contribution in [2.24, 2.45) is 0 Å². The lowest BCUT2D eigenvalue weighted by Gasteiger charge is -2.07. The normalized spacial score (nSPS) is 9.88. The Morgan fingerprint density at radius 3 is 2.29 bits per heavy atom. The average Bonchev–Trinajstić information content (AvgIpc) is 2.64. The van der Waals surface area contributed by atoms with E-state index >= 15 is 0 Å². The van der Waals surface area contributed by atoms with E-state index in [9.17, 15) is 9.59 Å². The fraction of sp³-hybridized carbons (Fsp3) is 0.167. The van der Waals surface area contributed by atoms with Gasteiger partial charge in [0.1, 0.15) is 17.1 Å². The molecule has 0 saturated heterocycles. The van der Waals surface area contributed by atoms with Gasteiger partial charge in [0.2, 0.25) is 0 Å². The highest BCUT2D eigenvalue weighted by Gasteiger charge is 2.11. The topological polar surface area (TPSA) is 80.3 Å². The van der Waals surface area contributed by atoms with Gasteiger partial charge in [-0.3, -0.25) is 9.59 Å². The predicted molar refractivity (Wildman–Crippen MR) is 90.9 cm³/mol. The molecule has 2 aromatic rings. The Balaban J connectivity index is 1.98. The molecule has 0 atom stereocenters. The number of rotatable bonds is 7. The van der Waals surface area contributed by atoms with E-state index in [-0.39, 0.29) is 23.2 Å². The highest BCUT2D eigenvalue weighted by atomic mass is 16.5. The van der Waals surface area contributed by atoms with Crippen molar-refractivity contribution in [1.82, 2.24) is 15.6 Å². The molecule has 24 heavy (non-hydrogen) atoms. The van der Waals surface area contributed by atoms with E-state index in [1.54, 1.807) is 31.4 Å². The molecule has 1 aromatic heterocycles. The molecule has 0 bridgehead atoms. The Labute approximate surface area is 140 Å². The number of aromatic nitrogens is 1. The predicted octanol–water partition coefficient (Wildman–Crippen LogP) is 1.94. The molecular weight excluding hydrogens is 306 g/mol. The number of ether oxygens (including phenoxy) is 1. The summed E-state index contributed by atoms with van der Waals surface area (Å²) in [5, 5.41) is 5.39. The van der Waals surface area contributed by atoms with Crippen LogP contribution in [-0.2, 0) is 6.54 Å². The van der Waals surface area contributed by atoms with Crippen LogP contribution in [0.5, 0.6) is 5.75 Å². The first-order valence-corrected chi connectivity index (χ1v) is 7.41. The molecule has 0 aliphatic carbocycles. The van der Waals surface area contributed by atoms with Gasteiger partial charge < -0.3 is 15.4 Å². The third-order valence-electron chi connectivity index (χ3n) is 3.23. The second-order valence-corrected chi connectivity index (χ2v) is 4.94. The van der Waals surface area contributed by atoms with Crippen LogP contribution < -0.4 is 15.4 Å². The van der Waals surface area contributed by atoms with Crippen LogP contribution in [0.25, 0.3) is 0 Å². The number of methoxy groups -OCH3 is 1. The zero-order valence-corrected chi connectivity index (χ0v) is 13.4. The van der Waals surface area contributed by atoms with E-state index in [2.05, 4.69) is 22.2 Å². The minimum Gasteiger partial charge on any atom is -0.497 e. The highest BCUT2D eigenvalue weighted by molar-refractivity contribution is 5.96. The van der Waals surface area contributed by atoms with Crippen LogP contribution >= 0.6 is 0 Å². The highest BCUT2D eigenvalue weighted by Crippen LogP contribution is 2.11. The van der Waals surface area contributed by atoms with E-state index in [0.717, 1.165) is 11.3 Å². The Morgan fingerprint density at radius 2 is 1.71 bits per heavy atom. The van der Waals surface area contributed by atoms with E-state index in [4.69, 9.17) is 4.74 Å². The smallest absolute Gasteiger partial charge is 0.270 e.